The molecule has 0 spiro atoms. The maximum Gasteiger partial charge on any atom is 0.304 e. The summed E-state index contributed by atoms with van der Waals surface area (Å²) in [4.78, 5) is 20.7. The average molecular weight is 314 g/mol. The molecule has 1 fully saturated rings. The van der Waals surface area contributed by atoms with E-state index >= 15 is 0 Å². The lowest BCUT2D eigenvalue weighted by molar-refractivity contribution is -0.385. The maximum absolute atomic E-state index is 12.5. The second-order valence-electron chi connectivity index (χ2n) is 4.76. The highest BCUT2D eigenvalue weighted by atomic mass is 32.2. The monoisotopic (exact) mass is 314 g/mol. The lowest BCUT2D eigenvalue weighted by atomic mass is 10.2. The predicted octanol–water partition coefficient (Wildman–Crippen LogP) is 1.22. The molecule has 0 bridgehead atoms. The molecule has 9 heteroatoms. The van der Waals surface area contributed by atoms with Gasteiger partial charge in [0.15, 0.2) is 0 Å². The van der Waals surface area contributed by atoms with E-state index in [0.29, 0.717) is 12.8 Å². The highest BCUT2D eigenvalue weighted by Crippen LogP contribution is 2.29. The minimum absolute atomic E-state index is 0.186. The first-order chi connectivity index (χ1) is 9.82. The van der Waals surface area contributed by atoms with E-state index in [2.05, 4.69) is 0 Å². The van der Waals surface area contributed by atoms with Gasteiger partial charge in [-0.3, -0.25) is 14.9 Å². The van der Waals surface area contributed by atoms with Gasteiger partial charge in [0, 0.05) is 24.7 Å². The van der Waals surface area contributed by atoms with Crippen LogP contribution in [0.1, 0.15) is 19.3 Å². The number of carbonyl (C=O) groups is 1. The molecule has 114 valence electrons. The fraction of sp³-hybridized carbons (Fsp3) is 0.417. The van der Waals surface area contributed by atoms with Crippen molar-refractivity contribution in [2.75, 3.05) is 6.54 Å². The Bertz CT molecular complexity index is 672. The second-order valence-corrected chi connectivity index (χ2v) is 6.65. The maximum atomic E-state index is 12.5. The third kappa shape index (κ3) is 3.19. The van der Waals surface area contributed by atoms with Crippen molar-refractivity contribution in [2.45, 2.75) is 30.2 Å². The van der Waals surface area contributed by atoms with Gasteiger partial charge in [-0.25, -0.2) is 8.42 Å². The summed E-state index contributed by atoms with van der Waals surface area (Å²) in [7, 11) is -3.92. The van der Waals surface area contributed by atoms with E-state index in [0.717, 1.165) is 10.4 Å². The van der Waals surface area contributed by atoms with E-state index in [-0.39, 0.29) is 23.5 Å². The van der Waals surface area contributed by atoms with Gasteiger partial charge in [-0.1, -0.05) is 6.07 Å². The van der Waals surface area contributed by atoms with Crippen LogP contribution in [-0.4, -0.2) is 41.3 Å². The Hall–Kier alpha value is -2.00. The van der Waals surface area contributed by atoms with Gasteiger partial charge in [-0.05, 0) is 18.9 Å². The number of aliphatic carboxylic acids is 1. The molecule has 1 heterocycles. The van der Waals surface area contributed by atoms with Crippen molar-refractivity contribution >= 4 is 21.7 Å². The smallest absolute Gasteiger partial charge is 0.304 e. The Morgan fingerprint density at radius 2 is 2.19 bits per heavy atom. The van der Waals surface area contributed by atoms with Gasteiger partial charge in [-0.15, -0.1) is 0 Å². The Morgan fingerprint density at radius 1 is 1.48 bits per heavy atom. The molecule has 1 unspecified atom stereocenters. The van der Waals surface area contributed by atoms with E-state index in [1.165, 1.54) is 18.2 Å². The number of carboxylic acids is 1. The molecular formula is C12H14N2O6S. The van der Waals surface area contributed by atoms with Crippen LogP contribution in [-0.2, 0) is 14.8 Å². The number of benzene rings is 1. The SMILES string of the molecule is O=C(O)CC1CCCN1S(=O)(=O)c1cccc([N+](=O)[O-])c1. The Kier molecular flexibility index (Phi) is 4.24. The molecule has 21 heavy (non-hydrogen) atoms. The molecule has 1 atom stereocenters. The molecule has 0 amide bonds. The fourth-order valence-corrected chi connectivity index (χ4v) is 4.16. The zero-order valence-electron chi connectivity index (χ0n) is 11.0. The largest absolute Gasteiger partial charge is 0.481 e. The van der Waals surface area contributed by atoms with E-state index in [1.807, 2.05) is 0 Å². The van der Waals surface area contributed by atoms with Gasteiger partial charge in [0.1, 0.15) is 0 Å². The van der Waals surface area contributed by atoms with Gasteiger partial charge >= 0.3 is 5.97 Å². The molecular weight excluding hydrogens is 300 g/mol. The number of nitro groups is 1. The van der Waals surface area contributed by atoms with Crippen LogP contribution in [0.4, 0.5) is 5.69 Å². The van der Waals surface area contributed by atoms with Crippen molar-refractivity contribution in [1.82, 2.24) is 4.31 Å². The first kappa shape index (κ1) is 15.4. The summed E-state index contributed by atoms with van der Waals surface area (Å²) in [6.07, 6.45) is 0.778. The third-order valence-corrected chi connectivity index (χ3v) is 5.32. The molecule has 1 aromatic rings. The topological polar surface area (TPSA) is 118 Å². The van der Waals surface area contributed by atoms with Gasteiger partial charge < -0.3 is 5.11 Å². The van der Waals surface area contributed by atoms with Crippen molar-refractivity contribution in [3.63, 3.8) is 0 Å². The Labute approximate surface area is 121 Å². The number of nitro benzene ring substituents is 1. The zero-order chi connectivity index (χ0) is 15.6. The molecule has 1 aromatic carbocycles. The Morgan fingerprint density at radius 3 is 2.81 bits per heavy atom. The van der Waals surface area contributed by atoms with Crippen LogP contribution in [0, 0.1) is 10.1 Å². The van der Waals surface area contributed by atoms with Crippen LogP contribution in [0.3, 0.4) is 0 Å². The minimum Gasteiger partial charge on any atom is -0.481 e. The Balaban J connectivity index is 2.35. The number of hydrogen-bond donors (Lipinski definition) is 1. The van der Waals surface area contributed by atoms with Crippen LogP contribution in [0.5, 0.6) is 0 Å². The van der Waals surface area contributed by atoms with Gasteiger partial charge in [0.2, 0.25) is 10.0 Å². The quantitative estimate of drug-likeness (QED) is 0.645. The molecule has 0 saturated carbocycles. The molecule has 0 radical (unpaired) electrons. The van der Waals surface area contributed by atoms with Crippen molar-refractivity contribution in [2.24, 2.45) is 0 Å². The number of rotatable bonds is 5. The van der Waals surface area contributed by atoms with E-state index in [9.17, 15) is 23.3 Å². The lowest BCUT2D eigenvalue weighted by Gasteiger charge is -2.22. The molecule has 0 aromatic heterocycles. The van der Waals surface area contributed by atoms with E-state index in [1.54, 1.807) is 0 Å². The average Bonchev–Trinajstić information content (AvgIpc) is 2.86. The van der Waals surface area contributed by atoms with Gasteiger partial charge in [-0.2, -0.15) is 4.31 Å². The fourth-order valence-electron chi connectivity index (χ4n) is 2.42. The van der Waals surface area contributed by atoms with Gasteiger partial charge in [0.25, 0.3) is 5.69 Å². The number of carboxylic acid groups (broad SMARTS) is 1. The number of hydrogen-bond acceptors (Lipinski definition) is 5. The van der Waals surface area contributed by atoms with Crippen LogP contribution >= 0.6 is 0 Å². The first-order valence-corrected chi connectivity index (χ1v) is 7.74. The van der Waals surface area contributed by atoms with Crippen LogP contribution < -0.4 is 0 Å². The van der Waals surface area contributed by atoms with E-state index in [4.69, 9.17) is 5.11 Å². The van der Waals surface area contributed by atoms with Crippen LogP contribution in [0.25, 0.3) is 0 Å². The van der Waals surface area contributed by atoms with Crippen molar-refractivity contribution in [1.29, 1.82) is 0 Å². The lowest BCUT2D eigenvalue weighted by Crippen LogP contribution is -2.36. The second kappa shape index (κ2) is 5.78. The zero-order valence-corrected chi connectivity index (χ0v) is 11.8. The molecule has 0 aliphatic carbocycles. The summed E-state index contributed by atoms with van der Waals surface area (Å²) in [6.45, 7) is 0.225. The number of non-ortho nitro benzene ring substituents is 1. The molecule has 1 saturated heterocycles. The van der Waals surface area contributed by atoms with E-state index < -0.39 is 27.0 Å². The highest BCUT2D eigenvalue weighted by molar-refractivity contribution is 7.89. The molecule has 2 rings (SSSR count). The highest BCUT2D eigenvalue weighted by Gasteiger charge is 2.36. The number of sulfonamides is 1. The van der Waals surface area contributed by atoms with Crippen molar-refractivity contribution in [3.05, 3.63) is 34.4 Å². The standard InChI is InChI=1S/C12H14N2O6S/c15-12(16)8-9-4-2-6-13(9)21(19,20)11-5-1-3-10(7-11)14(17)18/h1,3,5,7,9H,2,4,6,8H2,(H,15,16). The summed E-state index contributed by atoms with van der Waals surface area (Å²) in [5, 5.41) is 19.6. The van der Waals surface area contributed by atoms with Gasteiger partial charge in [0.05, 0.1) is 16.2 Å². The summed E-state index contributed by atoms with van der Waals surface area (Å²) in [5.41, 5.74) is -0.315. The van der Waals surface area contributed by atoms with Crippen LogP contribution in [0.15, 0.2) is 29.2 Å². The summed E-state index contributed by atoms with van der Waals surface area (Å²) >= 11 is 0. The number of nitrogens with zero attached hydrogens (tertiary/aromatic N) is 2. The van der Waals surface area contributed by atoms with Crippen molar-refractivity contribution < 1.29 is 23.2 Å². The molecule has 8 nitrogen and oxygen atoms in total. The molecule has 1 aliphatic rings. The minimum atomic E-state index is -3.92. The van der Waals surface area contributed by atoms with Crippen molar-refractivity contribution in [3.8, 4) is 0 Å². The first-order valence-electron chi connectivity index (χ1n) is 6.30. The normalized spacial score (nSPS) is 19.5. The summed E-state index contributed by atoms with van der Waals surface area (Å²) in [6, 6.07) is 4.17. The molecule has 1 aliphatic heterocycles. The summed E-state index contributed by atoms with van der Waals surface area (Å²) < 4.78 is 26.1. The summed E-state index contributed by atoms with van der Waals surface area (Å²) in [5.74, 6) is -1.07. The predicted molar refractivity (Wildman–Crippen MR) is 72.3 cm³/mol. The van der Waals surface area contributed by atoms with Crippen LogP contribution in [0.2, 0.25) is 0 Å². The third-order valence-electron chi connectivity index (χ3n) is 3.37. The molecule has 1 N–H and O–H groups in total.